The summed E-state index contributed by atoms with van der Waals surface area (Å²) in [6.45, 7) is 1.88. The molecule has 0 aliphatic heterocycles. The SMILES string of the molecule is CC(CCNC(=O)COc1ccccc1)C(=O)O. The van der Waals surface area contributed by atoms with Gasteiger partial charge in [0.15, 0.2) is 6.61 Å². The molecule has 0 bridgehead atoms. The van der Waals surface area contributed by atoms with Crippen LogP contribution in [0.4, 0.5) is 0 Å². The fourth-order valence-electron chi connectivity index (χ4n) is 1.27. The Morgan fingerprint density at radius 1 is 1.33 bits per heavy atom. The molecule has 5 heteroatoms. The van der Waals surface area contributed by atoms with Crippen LogP contribution in [0.2, 0.25) is 0 Å². The van der Waals surface area contributed by atoms with Gasteiger partial charge in [0.1, 0.15) is 5.75 Å². The van der Waals surface area contributed by atoms with Crippen LogP contribution in [-0.4, -0.2) is 30.1 Å². The third-order valence-corrected chi connectivity index (χ3v) is 2.43. The lowest BCUT2D eigenvalue weighted by molar-refractivity contribution is -0.141. The van der Waals surface area contributed by atoms with Crippen molar-refractivity contribution in [3.05, 3.63) is 30.3 Å². The highest BCUT2D eigenvalue weighted by atomic mass is 16.5. The van der Waals surface area contributed by atoms with Crippen LogP contribution >= 0.6 is 0 Å². The molecular weight excluding hydrogens is 234 g/mol. The predicted molar refractivity (Wildman–Crippen MR) is 66.4 cm³/mol. The Morgan fingerprint density at radius 2 is 2.00 bits per heavy atom. The number of carbonyl (C=O) groups excluding carboxylic acids is 1. The summed E-state index contributed by atoms with van der Waals surface area (Å²) >= 11 is 0. The molecule has 0 fully saturated rings. The van der Waals surface area contributed by atoms with Crippen molar-refractivity contribution in [3.63, 3.8) is 0 Å². The van der Waals surface area contributed by atoms with Crippen molar-refractivity contribution in [2.24, 2.45) is 5.92 Å². The number of hydrogen-bond acceptors (Lipinski definition) is 3. The van der Waals surface area contributed by atoms with Gasteiger partial charge in [-0.1, -0.05) is 25.1 Å². The van der Waals surface area contributed by atoms with E-state index in [0.717, 1.165) is 0 Å². The number of carboxylic acids is 1. The molecule has 1 rings (SSSR count). The zero-order valence-electron chi connectivity index (χ0n) is 10.3. The Kier molecular flexibility index (Phi) is 5.70. The number of aliphatic carboxylic acids is 1. The average molecular weight is 251 g/mol. The lowest BCUT2D eigenvalue weighted by atomic mass is 10.1. The van der Waals surface area contributed by atoms with Crippen LogP contribution in [-0.2, 0) is 9.59 Å². The Labute approximate surface area is 106 Å². The highest BCUT2D eigenvalue weighted by Crippen LogP contribution is 2.07. The van der Waals surface area contributed by atoms with Crippen molar-refractivity contribution in [3.8, 4) is 5.75 Å². The van der Waals surface area contributed by atoms with E-state index in [1.54, 1.807) is 19.1 Å². The molecule has 5 nitrogen and oxygen atoms in total. The maximum absolute atomic E-state index is 11.4. The fraction of sp³-hybridized carbons (Fsp3) is 0.385. The van der Waals surface area contributed by atoms with Gasteiger partial charge in [0.05, 0.1) is 5.92 Å². The van der Waals surface area contributed by atoms with Crippen molar-refractivity contribution in [2.45, 2.75) is 13.3 Å². The summed E-state index contributed by atoms with van der Waals surface area (Å²) in [7, 11) is 0. The number of amides is 1. The summed E-state index contributed by atoms with van der Waals surface area (Å²) in [5.74, 6) is -0.937. The van der Waals surface area contributed by atoms with Gasteiger partial charge in [-0.3, -0.25) is 9.59 Å². The van der Waals surface area contributed by atoms with E-state index < -0.39 is 11.9 Å². The number of rotatable bonds is 7. The number of carbonyl (C=O) groups is 2. The fourth-order valence-corrected chi connectivity index (χ4v) is 1.27. The molecule has 0 aliphatic carbocycles. The van der Waals surface area contributed by atoms with Crippen molar-refractivity contribution < 1.29 is 19.4 Å². The molecule has 1 aromatic rings. The molecule has 0 aromatic heterocycles. The first kappa shape index (κ1) is 14.0. The molecule has 0 radical (unpaired) electrons. The summed E-state index contributed by atoms with van der Waals surface area (Å²) in [6, 6.07) is 9.03. The van der Waals surface area contributed by atoms with E-state index in [1.165, 1.54) is 0 Å². The zero-order valence-corrected chi connectivity index (χ0v) is 10.3. The first-order valence-electron chi connectivity index (χ1n) is 5.77. The van der Waals surface area contributed by atoms with Gasteiger partial charge in [0.25, 0.3) is 5.91 Å². The molecule has 1 amide bonds. The highest BCUT2D eigenvalue weighted by molar-refractivity contribution is 5.77. The van der Waals surface area contributed by atoms with Crippen LogP contribution in [0.15, 0.2) is 30.3 Å². The van der Waals surface area contributed by atoms with Crippen LogP contribution < -0.4 is 10.1 Å². The van der Waals surface area contributed by atoms with E-state index in [4.69, 9.17) is 9.84 Å². The minimum atomic E-state index is -0.857. The lowest BCUT2D eigenvalue weighted by Crippen LogP contribution is -2.31. The maximum Gasteiger partial charge on any atom is 0.306 e. The Hall–Kier alpha value is -2.04. The van der Waals surface area contributed by atoms with Gasteiger partial charge in [0.2, 0.25) is 0 Å². The molecule has 0 aliphatic rings. The Balaban J connectivity index is 2.17. The summed E-state index contributed by atoms with van der Waals surface area (Å²) in [5.41, 5.74) is 0. The second kappa shape index (κ2) is 7.32. The molecule has 1 aromatic carbocycles. The van der Waals surface area contributed by atoms with Crippen molar-refractivity contribution >= 4 is 11.9 Å². The number of carboxylic acid groups (broad SMARTS) is 1. The quantitative estimate of drug-likeness (QED) is 0.765. The number of hydrogen-bond donors (Lipinski definition) is 2. The second-order valence-corrected chi connectivity index (χ2v) is 3.98. The minimum Gasteiger partial charge on any atom is -0.484 e. The number of benzene rings is 1. The largest absolute Gasteiger partial charge is 0.484 e. The summed E-state index contributed by atoms with van der Waals surface area (Å²) in [5, 5.41) is 11.3. The molecule has 0 saturated heterocycles. The number of ether oxygens (including phenoxy) is 1. The van der Waals surface area contributed by atoms with Crippen LogP contribution in [0.3, 0.4) is 0 Å². The molecule has 1 atom stereocenters. The molecular formula is C13H17NO4. The van der Waals surface area contributed by atoms with Crippen molar-refractivity contribution in [1.29, 1.82) is 0 Å². The molecule has 98 valence electrons. The van der Waals surface area contributed by atoms with Gasteiger partial charge in [-0.2, -0.15) is 0 Å². The molecule has 1 unspecified atom stereocenters. The molecule has 2 N–H and O–H groups in total. The first-order chi connectivity index (χ1) is 8.59. The van der Waals surface area contributed by atoms with E-state index in [0.29, 0.717) is 18.7 Å². The van der Waals surface area contributed by atoms with Crippen LogP contribution in [0.1, 0.15) is 13.3 Å². The van der Waals surface area contributed by atoms with Gasteiger partial charge in [-0.05, 0) is 18.6 Å². The van der Waals surface area contributed by atoms with Crippen molar-refractivity contribution in [1.82, 2.24) is 5.32 Å². The smallest absolute Gasteiger partial charge is 0.306 e. The first-order valence-corrected chi connectivity index (χ1v) is 5.77. The number of para-hydroxylation sites is 1. The predicted octanol–water partition coefficient (Wildman–Crippen LogP) is 1.29. The second-order valence-electron chi connectivity index (χ2n) is 3.98. The molecule has 18 heavy (non-hydrogen) atoms. The Bertz CT molecular complexity index is 391. The third kappa shape index (κ3) is 5.34. The standard InChI is InChI=1S/C13H17NO4/c1-10(13(16)17)7-8-14-12(15)9-18-11-5-3-2-4-6-11/h2-6,10H,7-9H2,1H3,(H,14,15)(H,16,17). The van der Waals surface area contributed by atoms with Crippen LogP contribution in [0, 0.1) is 5.92 Å². The van der Waals surface area contributed by atoms with Gasteiger partial charge >= 0.3 is 5.97 Å². The third-order valence-electron chi connectivity index (χ3n) is 2.43. The van der Waals surface area contributed by atoms with Crippen molar-refractivity contribution in [2.75, 3.05) is 13.2 Å². The zero-order chi connectivity index (χ0) is 13.4. The van der Waals surface area contributed by atoms with E-state index in [2.05, 4.69) is 5.32 Å². The van der Waals surface area contributed by atoms with Gasteiger partial charge < -0.3 is 15.2 Å². The van der Waals surface area contributed by atoms with E-state index in [9.17, 15) is 9.59 Å². The maximum atomic E-state index is 11.4. The summed E-state index contributed by atoms with van der Waals surface area (Å²) in [6.07, 6.45) is 0.409. The summed E-state index contributed by atoms with van der Waals surface area (Å²) in [4.78, 5) is 21.9. The van der Waals surface area contributed by atoms with Gasteiger partial charge in [-0.25, -0.2) is 0 Å². The topological polar surface area (TPSA) is 75.6 Å². The van der Waals surface area contributed by atoms with Crippen LogP contribution in [0.5, 0.6) is 5.75 Å². The summed E-state index contributed by atoms with van der Waals surface area (Å²) < 4.78 is 5.24. The monoisotopic (exact) mass is 251 g/mol. The lowest BCUT2D eigenvalue weighted by Gasteiger charge is -2.09. The Morgan fingerprint density at radius 3 is 2.61 bits per heavy atom. The minimum absolute atomic E-state index is 0.0640. The normalized spacial score (nSPS) is 11.6. The van der Waals surface area contributed by atoms with Gasteiger partial charge in [-0.15, -0.1) is 0 Å². The molecule has 0 spiro atoms. The number of nitrogens with one attached hydrogen (secondary N) is 1. The molecule has 0 heterocycles. The van der Waals surface area contributed by atoms with E-state index in [-0.39, 0.29) is 12.5 Å². The molecule has 0 saturated carbocycles. The van der Waals surface area contributed by atoms with E-state index in [1.807, 2.05) is 18.2 Å². The van der Waals surface area contributed by atoms with Crippen LogP contribution in [0.25, 0.3) is 0 Å². The van der Waals surface area contributed by atoms with Gasteiger partial charge in [0, 0.05) is 6.54 Å². The average Bonchev–Trinajstić information content (AvgIpc) is 2.37. The van der Waals surface area contributed by atoms with E-state index >= 15 is 0 Å². The highest BCUT2D eigenvalue weighted by Gasteiger charge is 2.10.